The Bertz CT molecular complexity index is 579. The van der Waals surface area contributed by atoms with Crippen LogP contribution in [-0.2, 0) is 5.75 Å². The third kappa shape index (κ3) is 3.32. The van der Waals surface area contributed by atoms with Gasteiger partial charge >= 0.3 is 0 Å². The fraction of sp³-hybridized carbons (Fsp3) is 0.294. The van der Waals surface area contributed by atoms with Crippen molar-refractivity contribution >= 4 is 17.4 Å². The molecule has 2 aromatic carbocycles. The Balaban J connectivity index is 2.19. The van der Waals surface area contributed by atoms with E-state index >= 15 is 0 Å². The molecule has 0 aliphatic rings. The van der Waals surface area contributed by atoms with Gasteiger partial charge in [0.25, 0.3) is 0 Å². The molecule has 0 saturated carbocycles. The predicted molar refractivity (Wildman–Crippen MR) is 85.8 cm³/mol. The third-order valence-corrected chi connectivity index (χ3v) is 4.49. The maximum absolute atomic E-state index is 6.06. The van der Waals surface area contributed by atoms with Crippen molar-refractivity contribution in [2.75, 3.05) is 5.73 Å². The molecular formula is C17H21NS. The van der Waals surface area contributed by atoms with Gasteiger partial charge in [-0.25, -0.2) is 0 Å². The molecule has 2 N–H and O–H groups in total. The van der Waals surface area contributed by atoms with E-state index in [0.717, 1.165) is 11.4 Å². The van der Waals surface area contributed by atoms with Crippen LogP contribution < -0.4 is 5.73 Å². The lowest BCUT2D eigenvalue weighted by atomic mass is 10.0. The van der Waals surface area contributed by atoms with Crippen LogP contribution in [0.4, 0.5) is 5.69 Å². The van der Waals surface area contributed by atoms with E-state index in [-0.39, 0.29) is 0 Å². The lowest BCUT2D eigenvalue weighted by molar-refractivity contribution is 1.21. The summed E-state index contributed by atoms with van der Waals surface area (Å²) in [6, 6.07) is 10.8. The van der Waals surface area contributed by atoms with Crippen LogP contribution >= 0.6 is 11.8 Å². The van der Waals surface area contributed by atoms with Crippen LogP contribution in [-0.4, -0.2) is 0 Å². The van der Waals surface area contributed by atoms with Gasteiger partial charge in [-0.2, -0.15) is 0 Å². The molecule has 0 aromatic heterocycles. The molecule has 1 nitrogen and oxygen atoms in total. The Morgan fingerprint density at radius 1 is 0.895 bits per heavy atom. The van der Waals surface area contributed by atoms with Crippen LogP contribution in [0, 0.1) is 27.7 Å². The largest absolute Gasteiger partial charge is 0.398 e. The standard InChI is InChI=1S/C17H21NS/c1-11-5-6-17(16(18)9-11)19-10-15-13(3)7-12(2)8-14(15)4/h5-9H,10,18H2,1-4H3. The summed E-state index contributed by atoms with van der Waals surface area (Å²) in [7, 11) is 0. The summed E-state index contributed by atoms with van der Waals surface area (Å²) < 4.78 is 0. The van der Waals surface area contributed by atoms with Gasteiger partial charge in [-0.1, -0.05) is 23.8 Å². The highest BCUT2D eigenvalue weighted by Gasteiger charge is 2.06. The van der Waals surface area contributed by atoms with Gasteiger partial charge in [0.05, 0.1) is 0 Å². The number of nitrogen functional groups attached to an aromatic ring is 1. The summed E-state index contributed by atoms with van der Waals surface area (Å²) in [5.41, 5.74) is 13.7. The number of benzene rings is 2. The first-order chi connectivity index (χ1) is 8.97. The maximum Gasteiger partial charge on any atom is 0.0454 e. The van der Waals surface area contributed by atoms with Crippen molar-refractivity contribution in [1.82, 2.24) is 0 Å². The number of rotatable bonds is 3. The lowest BCUT2D eigenvalue weighted by Crippen LogP contribution is -1.94. The average molecular weight is 271 g/mol. The predicted octanol–water partition coefficient (Wildman–Crippen LogP) is 4.79. The molecule has 0 atom stereocenters. The van der Waals surface area contributed by atoms with Crippen molar-refractivity contribution in [2.24, 2.45) is 0 Å². The van der Waals surface area contributed by atoms with Crippen LogP contribution in [0.15, 0.2) is 35.2 Å². The van der Waals surface area contributed by atoms with Gasteiger partial charge in [-0.3, -0.25) is 0 Å². The minimum atomic E-state index is 0.882. The van der Waals surface area contributed by atoms with Crippen LogP contribution in [0.2, 0.25) is 0 Å². The van der Waals surface area contributed by atoms with Gasteiger partial charge in [0.2, 0.25) is 0 Å². The van der Waals surface area contributed by atoms with Gasteiger partial charge in [0.15, 0.2) is 0 Å². The molecule has 0 amide bonds. The van der Waals surface area contributed by atoms with Gasteiger partial charge in [0, 0.05) is 16.3 Å². The number of hydrogen-bond donors (Lipinski definition) is 1. The molecule has 0 unspecified atom stereocenters. The first kappa shape index (κ1) is 14.0. The SMILES string of the molecule is Cc1cc(C)c(CSc2ccc(C)cc2N)c(C)c1. The molecule has 2 heteroatoms. The Hall–Kier alpha value is -1.41. The summed E-state index contributed by atoms with van der Waals surface area (Å²) in [6.07, 6.45) is 0. The Labute approximate surface area is 120 Å². The smallest absolute Gasteiger partial charge is 0.0454 e. The second-order valence-electron chi connectivity index (χ2n) is 5.21. The molecule has 0 fully saturated rings. The van der Waals surface area contributed by atoms with E-state index in [0.29, 0.717) is 0 Å². The molecule has 0 aliphatic carbocycles. The Kier molecular flexibility index (Phi) is 4.20. The molecule has 2 rings (SSSR count). The van der Waals surface area contributed by atoms with Gasteiger partial charge in [0.1, 0.15) is 0 Å². The number of hydrogen-bond acceptors (Lipinski definition) is 2. The van der Waals surface area contributed by atoms with Gasteiger partial charge in [-0.05, 0) is 62.1 Å². The van der Waals surface area contributed by atoms with Crippen molar-refractivity contribution in [3.8, 4) is 0 Å². The fourth-order valence-electron chi connectivity index (χ4n) is 2.39. The van der Waals surface area contributed by atoms with E-state index in [1.54, 1.807) is 0 Å². The minimum absolute atomic E-state index is 0.882. The zero-order valence-corrected chi connectivity index (χ0v) is 12.9. The zero-order valence-electron chi connectivity index (χ0n) is 12.1. The molecular weight excluding hydrogens is 250 g/mol. The monoisotopic (exact) mass is 271 g/mol. The summed E-state index contributed by atoms with van der Waals surface area (Å²) in [5.74, 6) is 0.977. The maximum atomic E-state index is 6.06. The molecule has 0 aliphatic heterocycles. The molecule has 0 radical (unpaired) electrons. The van der Waals surface area contributed by atoms with E-state index in [1.165, 1.54) is 32.7 Å². The highest BCUT2D eigenvalue weighted by atomic mass is 32.2. The number of aryl methyl sites for hydroxylation is 4. The molecule has 0 saturated heterocycles. The van der Waals surface area contributed by atoms with Gasteiger partial charge < -0.3 is 5.73 Å². The van der Waals surface area contributed by atoms with Crippen LogP contribution in [0.5, 0.6) is 0 Å². The third-order valence-electron chi connectivity index (χ3n) is 3.38. The van der Waals surface area contributed by atoms with Gasteiger partial charge in [-0.15, -0.1) is 11.8 Å². The molecule has 0 bridgehead atoms. The zero-order chi connectivity index (χ0) is 14.0. The molecule has 0 heterocycles. The normalized spacial score (nSPS) is 10.7. The summed E-state index contributed by atoms with van der Waals surface area (Å²) in [6.45, 7) is 8.59. The van der Waals surface area contributed by atoms with E-state index in [4.69, 9.17) is 5.73 Å². The minimum Gasteiger partial charge on any atom is -0.398 e. The second kappa shape index (κ2) is 5.70. The topological polar surface area (TPSA) is 26.0 Å². The highest BCUT2D eigenvalue weighted by Crippen LogP contribution is 2.31. The van der Waals surface area contributed by atoms with Crippen LogP contribution in [0.25, 0.3) is 0 Å². The first-order valence-corrected chi connectivity index (χ1v) is 7.51. The lowest BCUT2D eigenvalue weighted by Gasteiger charge is -2.12. The van der Waals surface area contributed by atoms with Crippen molar-refractivity contribution in [1.29, 1.82) is 0 Å². The van der Waals surface area contributed by atoms with Crippen molar-refractivity contribution in [2.45, 2.75) is 38.3 Å². The fourth-order valence-corrected chi connectivity index (χ4v) is 3.53. The summed E-state index contributed by atoms with van der Waals surface area (Å²) in [4.78, 5) is 1.17. The number of anilines is 1. The van der Waals surface area contributed by atoms with Crippen molar-refractivity contribution in [3.63, 3.8) is 0 Å². The quantitative estimate of drug-likeness (QED) is 0.641. The number of nitrogens with two attached hydrogens (primary N) is 1. The number of thioether (sulfide) groups is 1. The van der Waals surface area contributed by atoms with Crippen LogP contribution in [0.1, 0.15) is 27.8 Å². The van der Waals surface area contributed by atoms with E-state index in [1.807, 2.05) is 17.8 Å². The van der Waals surface area contributed by atoms with E-state index in [9.17, 15) is 0 Å². The summed E-state index contributed by atoms with van der Waals surface area (Å²) >= 11 is 1.82. The van der Waals surface area contributed by atoms with E-state index in [2.05, 4.69) is 52.0 Å². The molecule has 2 aromatic rings. The second-order valence-corrected chi connectivity index (χ2v) is 6.22. The van der Waals surface area contributed by atoms with Crippen LogP contribution in [0.3, 0.4) is 0 Å². The highest BCUT2D eigenvalue weighted by molar-refractivity contribution is 7.98. The summed E-state index contributed by atoms with van der Waals surface area (Å²) in [5, 5.41) is 0. The Morgan fingerprint density at radius 2 is 1.53 bits per heavy atom. The molecule has 100 valence electrons. The molecule has 0 spiro atoms. The first-order valence-electron chi connectivity index (χ1n) is 6.53. The molecule has 19 heavy (non-hydrogen) atoms. The van der Waals surface area contributed by atoms with E-state index < -0.39 is 0 Å². The average Bonchev–Trinajstić information content (AvgIpc) is 2.30. The Morgan fingerprint density at radius 3 is 2.11 bits per heavy atom. The van der Waals surface area contributed by atoms with Crippen molar-refractivity contribution < 1.29 is 0 Å². The van der Waals surface area contributed by atoms with Crippen molar-refractivity contribution in [3.05, 3.63) is 58.1 Å².